The SMILES string of the molecule is Cl.c1ccc(-n2nnnc2SCCCNCc2cccc3ccccc23)cc1. The fourth-order valence-electron chi connectivity index (χ4n) is 3.03. The van der Waals surface area contributed by atoms with Gasteiger partial charge in [0.15, 0.2) is 0 Å². The number of tetrazole rings is 1. The number of nitrogens with zero attached hydrogens (tertiary/aromatic N) is 4. The van der Waals surface area contributed by atoms with Gasteiger partial charge in [-0.25, -0.2) is 0 Å². The van der Waals surface area contributed by atoms with Crippen LogP contribution in [0.4, 0.5) is 0 Å². The minimum Gasteiger partial charge on any atom is -0.313 e. The van der Waals surface area contributed by atoms with Crippen molar-refractivity contribution in [1.82, 2.24) is 25.5 Å². The van der Waals surface area contributed by atoms with Crippen LogP contribution >= 0.6 is 24.2 Å². The number of fused-ring (bicyclic) bond motifs is 1. The number of hydrogen-bond acceptors (Lipinski definition) is 5. The first-order valence-electron chi connectivity index (χ1n) is 9.06. The van der Waals surface area contributed by atoms with Gasteiger partial charge in [0, 0.05) is 12.3 Å². The van der Waals surface area contributed by atoms with Crippen LogP contribution in [0.25, 0.3) is 16.5 Å². The van der Waals surface area contributed by atoms with Gasteiger partial charge in [-0.2, -0.15) is 4.68 Å². The molecule has 28 heavy (non-hydrogen) atoms. The molecule has 3 aromatic carbocycles. The minimum absolute atomic E-state index is 0. The van der Waals surface area contributed by atoms with E-state index in [9.17, 15) is 0 Å². The Morgan fingerprint density at radius 1 is 0.893 bits per heavy atom. The Hall–Kier alpha value is -2.41. The third-order valence-electron chi connectivity index (χ3n) is 4.37. The molecular formula is C21H22ClN5S. The lowest BCUT2D eigenvalue weighted by Crippen LogP contribution is -2.15. The quantitative estimate of drug-likeness (QED) is 0.341. The van der Waals surface area contributed by atoms with Crippen LogP contribution in [0.15, 0.2) is 78.0 Å². The molecule has 1 heterocycles. The van der Waals surface area contributed by atoms with Gasteiger partial charge in [0.05, 0.1) is 5.69 Å². The predicted octanol–water partition coefficient (Wildman–Crippen LogP) is 4.51. The normalized spacial score (nSPS) is 10.7. The van der Waals surface area contributed by atoms with Gasteiger partial charge in [-0.05, 0) is 51.9 Å². The minimum atomic E-state index is 0. The highest BCUT2D eigenvalue weighted by molar-refractivity contribution is 7.99. The number of nitrogens with one attached hydrogen (secondary N) is 1. The van der Waals surface area contributed by atoms with E-state index in [-0.39, 0.29) is 12.4 Å². The highest BCUT2D eigenvalue weighted by Gasteiger charge is 2.08. The maximum atomic E-state index is 4.14. The Morgan fingerprint density at radius 3 is 2.57 bits per heavy atom. The molecule has 1 aromatic heterocycles. The molecule has 0 fully saturated rings. The van der Waals surface area contributed by atoms with Crippen molar-refractivity contribution in [2.75, 3.05) is 12.3 Å². The standard InChI is InChI=1S/C21H21N5S.ClH/c1-2-11-19(12-3-1)26-21(23-24-25-26)27-15-7-14-22-16-18-10-6-9-17-8-4-5-13-20(17)18;/h1-6,8-13,22H,7,14-16H2;1H. The lowest BCUT2D eigenvalue weighted by Gasteiger charge is -2.08. The first kappa shape index (κ1) is 20.3. The molecule has 0 saturated heterocycles. The zero-order valence-corrected chi connectivity index (χ0v) is 17.0. The molecule has 0 amide bonds. The van der Waals surface area contributed by atoms with E-state index in [1.165, 1.54) is 16.3 Å². The predicted molar refractivity (Wildman–Crippen MR) is 117 cm³/mol. The van der Waals surface area contributed by atoms with Crippen LogP contribution < -0.4 is 5.32 Å². The van der Waals surface area contributed by atoms with Crippen LogP contribution in [0.2, 0.25) is 0 Å². The van der Waals surface area contributed by atoms with Crippen molar-refractivity contribution in [3.8, 4) is 5.69 Å². The smallest absolute Gasteiger partial charge is 0.214 e. The second-order valence-electron chi connectivity index (χ2n) is 6.23. The average Bonchev–Trinajstić information content (AvgIpc) is 3.20. The fraction of sp³-hybridized carbons (Fsp3) is 0.190. The maximum Gasteiger partial charge on any atom is 0.214 e. The summed E-state index contributed by atoms with van der Waals surface area (Å²) in [4.78, 5) is 0. The molecule has 144 valence electrons. The number of rotatable bonds is 8. The molecule has 0 unspecified atom stereocenters. The average molecular weight is 412 g/mol. The van der Waals surface area contributed by atoms with Crippen LogP contribution in [0, 0.1) is 0 Å². The van der Waals surface area contributed by atoms with Crippen LogP contribution in [-0.4, -0.2) is 32.5 Å². The van der Waals surface area contributed by atoms with Gasteiger partial charge in [-0.3, -0.25) is 0 Å². The summed E-state index contributed by atoms with van der Waals surface area (Å²) in [6.07, 6.45) is 1.05. The van der Waals surface area contributed by atoms with E-state index in [1.54, 1.807) is 16.4 Å². The molecule has 4 aromatic rings. The highest BCUT2D eigenvalue weighted by Crippen LogP contribution is 2.19. The number of halogens is 1. The van der Waals surface area contributed by atoms with Gasteiger partial charge < -0.3 is 5.32 Å². The summed E-state index contributed by atoms with van der Waals surface area (Å²) in [5.74, 6) is 0.968. The van der Waals surface area contributed by atoms with Crippen molar-refractivity contribution in [2.24, 2.45) is 0 Å². The molecule has 0 aliphatic carbocycles. The van der Waals surface area contributed by atoms with Crippen molar-refractivity contribution in [2.45, 2.75) is 18.1 Å². The van der Waals surface area contributed by atoms with Crippen LogP contribution in [0.5, 0.6) is 0 Å². The van der Waals surface area contributed by atoms with Gasteiger partial charge in [0.1, 0.15) is 0 Å². The number of benzene rings is 3. The van der Waals surface area contributed by atoms with Crippen molar-refractivity contribution in [3.05, 3.63) is 78.4 Å². The zero-order valence-electron chi connectivity index (χ0n) is 15.4. The highest BCUT2D eigenvalue weighted by atomic mass is 35.5. The van der Waals surface area contributed by atoms with Gasteiger partial charge in [-0.1, -0.05) is 72.4 Å². The molecule has 5 nitrogen and oxygen atoms in total. The second kappa shape index (κ2) is 10.2. The molecule has 0 aliphatic heterocycles. The first-order valence-corrected chi connectivity index (χ1v) is 10.0. The van der Waals surface area contributed by atoms with Gasteiger partial charge in [0.2, 0.25) is 5.16 Å². The Morgan fingerprint density at radius 2 is 1.68 bits per heavy atom. The van der Waals surface area contributed by atoms with Crippen molar-refractivity contribution >= 4 is 34.9 Å². The van der Waals surface area contributed by atoms with Gasteiger partial charge in [0.25, 0.3) is 0 Å². The van der Waals surface area contributed by atoms with Crippen molar-refractivity contribution in [3.63, 3.8) is 0 Å². The summed E-state index contributed by atoms with van der Waals surface area (Å²) in [6, 6.07) is 25.0. The lowest BCUT2D eigenvalue weighted by atomic mass is 10.0. The molecule has 0 aliphatic rings. The Kier molecular flexibility index (Phi) is 7.42. The largest absolute Gasteiger partial charge is 0.313 e. The summed E-state index contributed by atoms with van der Waals surface area (Å²) in [6.45, 7) is 1.84. The van der Waals surface area contributed by atoms with Crippen LogP contribution in [0.3, 0.4) is 0 Å². The van der Waals surface area contributed by atoms with E-state index >= 15 is 0 Å². The third kappa shape index (κ3) is 4.90. The van der Waals surface area contributed by atoms with E-state index in [0.717, 1.165) is 36.1 Å². The molecule has 0 atom stereocenters. The molecular weight excluding hydrogens is 390 g/mol. The zero-order chi connectivity index (χ0) is 18.3. The monoisotopic (exact) mass is 411 g/mol. The second-order valence-corrected chi connectivity index (χ2v) is 7.29. The maximum absolute atomic E-state index is 4.14. The summed E-state index contributed by atoms with van der Waals surface area (Å²) < 4.78 is 1.79. The molecule has 4 rings (SSSR count). The third-order valence-corrected chi connectivity index (χ3v) is 5.37. The van der Waals surface area contributed by atoms with Crippen LogP contribution in [-0.2, 0) is 6.54 Å². The molecule has 0 saturated carbocycles. The lowest BCUT2D eigenvalue weighted by molar-refractivity contribution is 0.680. The summed E-state index contributed by atoms with van der Waals surface area (Å²) in [7, 11) is 0. The van der Waals surface area contributed by atoms with Crippen LogP contribution in [0.1, 0.15) is 12.0 Å². The molecule has 0 bridgehead atoms. The van der Waals surface area contributed by atoms with E-state index in [0.29, 0.717) is 0 Å². The van der Waals surface area contributed by atoms with Crippen molar-refractivity contribution < 1.29 is 0 Å². The fourth-order valence-corrected chi connectivity index (χ4v) is 3.86. The topological polar surface area (TPSA) is 55.6 Å². The molecule has 1 N–H and O–H groups in total. The Labute approximate surface area is 174 Å². The van der Waals surface area contributed by atoms with Gasteiger partial charge >= 0.3 is 0 Å². The summed E-state index contributed by atoms with van der Waals surface area (Å²) in [5, 5.41) is 19.0. The van der Waals surface area contributed by atoms with Crippen molar-refractivity contribution in [1.29, 1.82) is 0 Å². The summed E-state index contributed by atoms with van der Waals surface area (Å²) >= 11 is 1.68. The van der Waals surface area contributed by atoms with E-state index in [2.05, 4.69) is 63.3 Å². The number of thioether (sulfide) groups is 1. The number of hydrogen-bond donors (Lipinski definition) is 1. The number of para-hydroxylation sites is 1. The molecule has 0 radical (unpaired) electrons. The number of aromatic nitrogens is 4. The van der Waals surface area contributed by atoms with E-state index < -0.39 is 0 Å². The Bertz CT molecular complexity index is 1000. The molecule has 0 spiro atoms. The Balaban J connectivity index is 0.00000225. The van der Waals surface area contributed by atoms with Gasteiger partial charge in [-0.15, -0.1) is 17.5 Å². The summed E-state index contributed by atoms with van der Waals surface area (Å²) in [5.41, 5.74) is 2.33. The molecule has 7 heteroatoms. The van der Waals surface area contributed by atoms with E-state index in [4.69, 9.17) is 0 Å². The first-order chi connectivity index (χ1) is 13.4. The van der Waals surface area contributed by atoms with E-state index in [1.807, 2.05) is 30.3 Å².